The molecule has 1 saturated heterocycles. The van der Waals surface area contributed by atoms with E-state index in [-0.39, 0.29) is 5.91 Å². The van der Waals surface area contributed by atoms with Crippen LogP contribution < -0.4 is 15.5 Å². The van der Waals surface area contributed by atoms with E-state index in [0.717, 1.165) is 43.9 Å². The Morgan fingerprint density at radius 3 is 2.48 bits per heavy atom. The second kappa shape index (κ2) is 10.2. The molecular formula is C19H21BrF3N7O3. The van der Waals surface area contributed by atoms with Crippen LogP contribution in [0.2, 0.25) is 0 Å². The highest BCUT2D eigenvalue weighted by molar-refractivity contribution is 9.10. The van der Waals surface area contributed by atoms with E-state index in [2.05, 4.69) is 36.6 Å². The maximum absolute atomic E-state index is 12.7. The van der Waals surface area contributed by atoms with Gasteiger partial charge in [0.2, 0.25) is 0 Å². The molecule has 14 heteroatoms. The summed E-state index contributed by atoms with van der Waals surface area (Å²) in [4.78, 5) is 23.9. The predicted molar refractivity (Wildman–Crippen MR) is 117 cm³/mol. The quantitative estimate of drug-likeness (QED) is 0.475. The second-order valence-corrected chi connectivity index (χ2v) is 7.85. The lowest BCUT2D eigenvalue weighted by molar-refractivity contribution is -0.192. The molecule has 0 unspecified atom stereocenters. The molecule has 33 heavy (non-hydrogen) atoms. The molecule has 1 amide bonds. The Kier molecular flexibility index (Phi) is 7.58. The van der Waals surface area contributed by atoms with Crippen LogP contribution in [0.3, 0.4) is 0 Å². The van der Waals surface area contributed by atoms with Crippen molar-refractivity contribution in [2.24, 2.45) is 7.05 Å². The zero-order valence-electron chi connectivity index (χ0n) is 17.4. The molecule has 0 radical (unpaired) electrons. The minimum atomic E-state index is -5.08. The van der Waals surface area contributed by atoms with E-state index in [1.807, 2.05) is 18.2 Å². The van der Waals surface area contributed by atoms with Crippen LogP contribution in [0.4, 0.5) is 24.7 Å². The van der Waals surface area contributed by atoms with Crippen molar-refractivity contribution < 1.29 is 27.9 Å². The number of carboxylic acids is 1. The van der Waals surface area contributed by atoms with Gasteiger partial charge in [-0.05, 0) is 53.2 Å². The van der Waals surface area contributed by atoms with E-state index in [9.17, 15) is 18.0 Å². The van der Waals surface area contributed by atoms with Gasteiger partial charge in [-0.25, -0.2) is 9.31 Å². The van der Waals surface area contributed by atoms with Gasteiger partial charge >= 0.3 is 12.1 Å². The first kappa shape index (κ1) is 24.5. The molecule has 4 heterocycles. The van der Waals surface area contributed by atoms with Crippen LogP contribution in [0.1, 0.15) is 16.9 Å². The van der Waals surface area contributed by atoms with Gasteiger partial charge < -0.3 is 20.6 Å². The average Bonchev–Trinajstić information content (AvgIpc) is 3.17. The summed E-state index contributed by atoms with van der Waals surface area (Å²) in [5.74, 6) is -2.10. The third-order valence-electron chi connectivity index (χ3n) is 4.66. The first-order valence-corrected chi connectivity index (χ1v) is 10.6. The SMILES string of the molecule is Cn1cc(NC(=O)c2ccc3ccc(N4CCCNCC4)nn23)c(Br)n1.O=C(O)C(F)(F)F. The molecule has 4 rings (SSSR count). The summed E-state index contributed by atoms with van der Waals surface area (Å²) in [7, 11) is 1.80. The van der Waals surface area contributed by atoms with Crippen molar-refractivity contribution in [3.05, 3.63) is 40.8 Å². The van der Waals surface area contributed by atoms with E-state index in [4.69, 9.17) is 15.0 Å². The molecule has 0 bridgehead atoms. The van der Waals surface area contributed by atoms with Gasteiger partial charge in [0.1, 0.15) is 11.5 Å². The third-order valence-corrected chi connectivity index (χ3v) is 5.25. The van der Waals surface area contributed by atoms with Crippen LogP contribution in [-0.4, -0.2) is 68.7 Å². The predicted octanol–water partition coefficient (Wildman–Crippen LogP) is 2.52. The number of hydrogen-bond acceptors (Lipinski definition) is 6. The smallest absolute Gasteiger partial charge is 0.475 e. The number of aryl methyl sites for hydroxylation is 1. The number of nitrogens with one attached hydrogen (secondary N) is 2. The second-order valence-electron chi connectivity index (χ2n) is 7.10. The van der Waals surface area contributed by atoms with Crippen molar-refractivity contribution in [3.8, 4) is 0 Å². The number of rotatable bonds is 3. The summed E-state index contributed by atoms with van der Waals surface area (Å²) < 4.78 is 35.7. The number of carbonyl (C=O) groups excluding carboxylic acids is 1. The van der Waals surface area contributed by atoms with Gasteiger partial charge in [0.15, 0.2) is 4.60 Å². The maximum Gasteiger partial charge on any atom is 0.490 e. The van der Waals surface area contributed by atoms with Crippen LogP contribution in [0, 0.1) is 0 Å². The van der Waals surface area contributed by atoms with E-state index in [0.29, 0.717) is 16.0 Å². The van der Waals surface area contributed by atoms with E-state index >= 15 is 0 Å². The van der Waals surface area contributed by atoms with Crippen LogP contribution in [0.15, 0.2) is 35.1 Å². The molecule has 1 aliphatic rings. The summed E-state index contributed by atoms with van der Waals surface area (Å²) in [6, 6.07) is 7.70. The van der Waals surface area contributed by atoms with Crippen molar-refractivity contribution in [1.29, 1.82) is 0 Å². The highest BCUT2D eigenvalue weighted by Crippen LogP contribution is 2.21. The van der Waals surface area contributed by atoms with Crippen molar-refractivity contribution in [2.75, 3.05) is 36.4 Å². The number of amides is 1. The van der Waals surface area contributed by atoms with Gasteiger partial charge in [-0.1, -0.05) is 0 Å². The third kappa shape index (κ3) is 6.22. The Labute approximate surface area is 194 Å². The molecule has 3 aromatic rings. The number of fused-ring (bicyclic) bond motifs is 1. The number of nitrogens with zero attached hydrogens (tertiary/aromatic N) is 5. The van der Waals surface area contributed by atoms with Crippen molar-refractivity contribution in [1.82, 2.24) is 24.7 Å². The Morgan fingerprint density at radius 2 is 1.85 bits per heavy atom. The standard InChI is InChI=1S/C17H20BrN7O.C2HF3O2/c1-23-11-13(16(18)22-23)20-17(26)14-5-3-12-4-6-15(21-25(12)14)24-9-2-7-19-8-10-24;3-2(4,5)1(6)7/h3-6,11,19H,2,7-10H2,1H3,(H,20,26);(H,6,7). The van der Waals surface area contributed by atoms with Gasteiger partial charge in [-0.2, -0.15) is 18.3 Å². The minimum Gasteiger partial charge on any atom is -0.475 e. The van der Waals surface area contributed by atoms with E-state index in [1.54, 1.807) is 28.5 Å². The number of carbonyl (C=O) groups is 2. The number of alkyl halides is 3. The molecule has 0 atom stereocenters. The number of carboxylic acid groups (broad SMARTS) is 1. The number of halogens is 4. The fraction of sp³-hybridized carbons (Fsp3) is 0.368. The first-order valence-electron chi connectivity index (χ1n) is 9.81. The highest BCUT2D eigenvalue weighted by atomic mass is 79.9. The molecule has 3 aromatic heterocycles. The summed E-state index contributed by atoms with van der Waals surface area (Å²) in [5.41, 5.74) is 2.00. The van der Waals surface area contributed by atoms with Crippen molar-refractivity contribution in [2.45, 2.75) is 12.6 Å². The van der Waals surface area contributed by atoms with E-state index < -0.39 is 12.1 Å². The van der Waals surface area contributed by atoms with E-state index in [1.165, 1.54) is 0 Å². The summed E-state index contributed by atoms with van der Waals surface area (Å²) >= 11 is 3.35. The van der Waals surface area contributed by atoms with Crippen LogP contribution in [-0.2, 0) is 11.8 Å². The monoisotopic (exact) mass is 531 g/mol. The Balaban J connectivity index is 0.000000383. The van der Waals surface area contributed by atoms with Crippen LogP contribution in [0.5, 0.6) is 0 Å². The number of hydrogen-bond donors (Lipinski definition) is 3. The first-order chi connectivity index (χ1) is 15.6. The number of aromatic nitrogens is 4. The Hall–Kier alpha value is -3.13. The normalized spacial score (nSPS) is 14.4. The molecule has 0 aliphatic carbocycles. The van der Waals surface area contributed by atoms with Gasteiger partial charge in [-0.3, -0.25) is 9.48 Å². The van der Waals surface area contributed by atoms with Gasteiger partial charge in [0.05, 0.1) is 11.2 Å². The topological polar surface area (TPSA) is 117 Å². The fourth-order valence-electron chi connectivity index (χ4n) is 3.12. The van der Waals surface area contributed by atoms with Crippen molar-refractivity contribution >= 4 is 44.8 Å². The van der Waals surface area contributed by atoms with Crippen molar-refractivity contribution in [3.63, 3.8) is 0 Å². The lowest BCUT2D eigenvalue weighted by Gasteiger charge is -2.21. The molecular weight excluding hydrogens is 511 g/mol. The molecule has 0 aromatic carbocycles. The largest absolute Gasteiger partial charge is 0.490 e. The summed E-state index contributed by atoms with van der Waals surface area (Å²) in [5, 5.41) is 22.3. The van der Waals surface area contributed by atoms with Gasteiger partial charge in [0.25, 0.3) is 5.91 Å². The zero-order valence-corrected chi connectivity index (χ0v) is 19.0. The van der Waals surface area contributed by atoms with Gasteiger partial charge in [-0.15, -0.1) is 5.10 Å². The fourth-order valence-corrected chi connectivity index (χ4v) is 3.58. The zero-order chi connectivity index (χ0) is 24.2. The lowest BCUT2D eigenvalue weighted by Crippen LogP contribution is -2.29. The average molecular weight is 532 g/mol. The highest BCUT2D eigenvalue weighted by Gasteiger charge is 2.38. The Bertz CT molecular complexity index is 1140. The van der Waals surface area contributed by atoms with Gasteiger partial charge in [0, 0.05) is 32.9 Å². The van der Waals surface area contributed by atoms with Crippen LogP contribution >= 0.6 is 15.9 Å². The molecule has 3 N–H and O–H groups in total. The summed E-state index contributed by atoms with van der Waals surface area (Å²) in [6.45, 7) is 3.82. The minimum absolute atomic E-state index is 0.221. The summed E-state index contributed by atoms with van der Waals surface area (Å²) in [6.07, 6.45) is -2.26. The molecule has 0 saturated carbocycles. The molecule has 1 fully saturated rings. The Morgan fingerprint density at radius 1 is 1.15 bits per heavy atom. The molecule has 0 spiro atoms. The number of anilines is 2. The molecule has 10 nitrogen and oxygen atoms in total. The molecule has 178 valence electrons. The maximum atomic E-state index is 12.7. The molecule has 1 aliphatic heterocycles. The van der Waals surface area contributed by atoms with Crippen LogP contribution in [0.25, 0.3) is 5.52 Å². The number of aliphatic carboxylic acids is 1. The lowest BCUT2D eigenvalue weighted by atomic mass is 10.3.